The number of fused-ring (bicyclic) bond motifs is 3. The van der Waals surface area contributed by atoms with Crippen molar-refractivity contribution in [3.8, 4) is 17.2 Å². The molecule has 170 valence electrons. The Kier molecular flexibility index (Phi) is 4.76. The Labute approximate surface area is 197 Å². The summed E-state index contributed by atoms with van der Waals surface area (Å²) in [6.45, 7) is 2.08. The van der Waals surface area contributed by atoms with Crippen molar-refractivity contribution in [1.82, 2.24) is 14.8 Å². The van der Waals surface area contributed by atoms with Crippen LogP contribution in [0, 0.1) is 6.92 Å². The lowest BCUT2D eigenvalue weighted by molar-refractivity contribution is 0.216. The highest BCUT2D eigenvalue weighted by molar-refractivity contribution is 5.85. The maximum absolute atomic E-state index is 6.73. The fourth-order valence-electron chi connectivity index (χ4n) is 4.92. The van der Waals surface area contributed by atoms with Gasteiger partial charge in [-0.2, -0.15) is 10.1 Å². The van der Waals surface area contributed by atoms with E-state index in [1.807, 2.05) is 47.1 Å². The fourth-order valence-corrected chi connectivity index (χ4v) is 4.92. The number of benzene rings is 3. The maximum Gasteiger partial charge on any atom is 0.226 e. The summed E-state index contributed by atoms with van der Waals surface area (Å²) in [5, 5.41) is 8.13. The first-order valence-electron chi connectivity index (χ1n) is 11.1. The summed E-state index contributed by atoms with van der Waals surface area (Å²) in [5.74, 6) is 2.79. The van der Waals surface area contributed by atoms with Crippen LogP contribution in [-0.4, -0.2) is 29.0 Å². The van der Waals surface area contributed by atoms with Gasteiger partial charge in [-0.15, -0.1) is 0 Å². The fraction of sp³-hybridized carbons (Fsp3) is 0.185. The van der Waals surface area contributed by atoms with Crippen LogP contribution in [0.3, 0.4) is 0 Å². The molecule has 0 saturated heterocycles. The Morgan fingerprint density at radius 2 is 1.82 bits per heavy atom. The molecule has 2 aliphatic heterocycles. The molecule has 6 rings (SSSR count). The lowest BCUT2D eigenvalue weighted by Gasteiger charge is -2.39. The number of methoxy groups -OCH3 is 2. The van der Waals surface area contributed by atoms with Gasteiger partial charge >= 0.3 is 0 Å². The van der Waals surface area contributed by atoms with E-state index in [1.54, 1.807) is 20.5 Å². The lowest BCUT2D eigenvalue weighted by Crippen LogP contribution is -2.32. The summed E-state index contributed by atoms with van der Waals surface area (Å²) in [5.41, 5.74) is 6.14. The molecule has 7 nitrogen and oxygen atoms in total. The Balaban J connectivity index is 1.66. The van der Waals surface area contributed by atoms with Crippen LogP contribution in [-0.2, 0) is 0 Å². The van der Waals surface area contributed by atoms with Gasteiger partial charge in [0.1, 0.15) is 18.1 Å². The smallest absolute Gasteiger partial charge is 0.226 e. The SMILES string of the molecule is COc1cccc([C@H]2Oc3ccc(C)cc3C3=C2[C@@H](c2ccccc2)n2ncnc2N3)c1OC. The van der Waals surface area contributed by atoms with E-state index in [1.165, 1.54) is 0 Å². The molecule has 1 N–H and O–H groups in total. The Morgan fingerprint density at radius 3 is 2.62 bits per heavy atom. The zero-order valence-corrected chi connectivity index (χ0v) is 19.1. The molecule has 1 aromatic heterocycles. The highest BCUT2D eigenvalue weighted by atomic mass is 16.5. The third kappa shape index (κ3) is 3.04. The molecule has 0 bridgehead atoms. The van der Waals surface area contributed by atoms with E-state index >= 15 is 0 Å². The first-order valence-corrected chi connectivity index (χ1v) is 11.1. The second-order valence-corrected chi connectivity index (χ2v) is 8.38. The normalized spacial score (nSPS) is 18.2. The zero-order valence-electron chi connectivity index (χ0n) is 19.1. The van der Waals surface area contributed by atoms with E-state index < -0.39 is 6.10 Å². The number of nitrogens with zero attached hydrogens (tertiary/aromatic N) is 3. The number of hydrogen-bond acceptors (Lipinski definition) is 6. The van der Waals surface area contributed by atoms with Crippen molar-refractivity contribution >= 4 is 11.6 Å². The molecule has 34 heavy (non-hydrogen) atoms. The van der Waals surface area contributed by atoms with Gasteiger partial charge in [-0.1, -0.05) is 54.1 Å². The van der Waals surface area contributed by atoms with Crippen LogP contribution >= 0.6 is 0 Å². The van der Waals surface area contributed by atoms with Crippen LogP contribution < -0.4 is 19.5 Å². The molecule has 0 aliphatic carbocycles. The summed E-state index contributed by atoms with van der Waals surface area (Å²) < 4.78 is 20.1. The average molecular weight is 453 g/mol. The van der Waals surface area contributed by atoms with Crippen LogP contribution in [0.5, 0.6) is 17.2 Å². The molecule has 7 heteroatoms. The Bertz CT molecular complexity index is 1410. The summed E-state index contributed by atoms with van der Waals surface area (Å²) in [6, 6.07) is 22.2. The van der Waals surface area contributed by atoms with Gasteiger partial charge in [0.05, 0.1) is 19.9 Å². The molecule has 0 unspecified atom stereocenters. The minimum atomic E-state index is -0.440. The molecule has 2 atom stereocenters. The maximum atomic E-state index is 6.73. The molecule has 3 aromatic carbocycles. The van der Waals surface area contributed by atoms with Gasteiger partial charge in [0.25, 0.3) is 0 Å². The molecule has 0 saturated carbocycles. The third-order valence-electron chi connectivity index (χ3n) is 6.40. The van der Waals surface area contributed by atoms with E-state index in [4.69, 9.17) is 14.2 Å². The van der Waals surface area contributed by atoms with Crippen LogP contribution in [0.1, 0.15) is 34.4 Å². The molecule has 4 aromatic rings. The minimum absolute atomic E-state index is 0.218. The van der Waals surface area contributed by atoms with Crippen molar-refractivity contribution in [2.45, 2.75) is 19.1 Å². The molecule has 0 fully saturated rings. The summed E-state index contributed by atoms with van der Waals surface area (Å²) in [4.78, 5) is 4.50. The molecule has 2 aliphatic rings. The van der Waals surface area contributed by atoms with Gasteiger partial charge in [-0.05, 0) is 30.7 Å². The van der Waals surface area contributed by atoms with Crippen LogP contribution in [0.2, 0.25) is 0 Å². The van der Waals surface area contributed by atoms with Crippen molar-refractivity contribution < 1.29 is 14.2 Å². The second kappa shape index (κ2) is 7.95. The number of rotatable bonds is 4. The number of nitrogens with one attached hydrogen (secondary N) is 1. The number of hydrogen-bond donors (Lipinski definition) is 1. The quantitative estimate of drug-likeness (QED) is 0.461. The third-order valence-corrected chi connectivity index (χ3v) is 6.40. The predicted molar refractivity (Wildman–Crippen MR) is 129 cm³/mol. The first kappa shape index (κ1) is 20.4. The first-order chi connectivity index (χ1) is 16.7. The summed E-state index contributed by atoms with van der Waals surface area (Å²) in [6.07, 6.45) is 1.14. The van der Waals surface area contributed by atoms with E-state index in [9.17, 15) is 0 Å². The van der Waals surface area contributed by atoms with Gasteiger partial charge in [0.2, 0.25) is 5.95 Å². The number of ether oxygens (including phenoxy) is 3. The van der Waals surface area contributed by atoms with Crippen molar-refractivity contribution in [3.05, 3.63) is 101 Å². The highest BCUT2D eigenvalue weighted by Gasteiger charge is 2.42. The van der Waals surface area contributed by atoms with Gasteiger partial charge in [-0.3, -0.25) is 0 Å². The minimum Gasteiger partial charge on any atom is -0.493 e. The topological polar surface area (TPSA) is 70.4 Å². The molecular weight excluding hydrogens is 428 g/mol. The average Bonchev–Trinajstić information content (AvgIpc) is 3.35. The number of para-hydroxylation sites is 1. The number of aromatic nitrogens is 3. The summed E-state index contributed by atoms with van der Waals surface area (Å²) >= 11 is 0. The van der Waals surface area contributed by atoms with Gasteiger partial charge in [0, 0.05) is 16.7 Å². The van der Waals surface area contributed by atoms with Crippen molar-refractivity contribution in [2.75, 3.05) is 19.5 Å². The van der Waals surface area contributed by atoms with Crippen LogP contribution in [0.15, 0.2) is 78.6 Å². The molecule has 3 heterocycles. The summed E-state index contributed by atoms with van der Waals surface area (Å²) in [7, 11) is 3.29. The van der Waals surface area contributed by atoms with Crippen LogP contribution in [0.4, 0.5) is 5.95 Å². The monoisotopic (exact) mass is 452 g/mol. The van der Waals surface area contributed by atoms with Crippen molar-refractivity contribution in [3.63, 3.8) is 0 Å². The van der Waals surface area contributed by atoms with E-state index in [-0.39, 0.29) is 6.04 Å². The molecule has 0 amide bonds. The molecular formula is C27H24N4O3. The van der Waals surface area contributed by atoms with Gasteiger partial charge in [-0.25, -0.2) is 4.68 Å². The van der Waals surface area contributed by atoms with Crippen LogP contribution in [0.25, 0.3) is 5.70 Å². The molecule has 0 spiro atoms. The number of aryl methyl sites for hydroxylation is 1. The van der Waals surface area contributed by atoms with Crippen molar-refractivity contribution in [1.29, 1.82) is 0 Å². The standard InChI is InChI=1S/C27H24N4O3/c1-16-12-13-20-19(14-16)23-22(26(34-20)18-10-7-11-21(32-2)25(18)33-3)24(17-8-5-4-6-9-17)31-27(30-23)28-15-29-31/h4-15,24,26H,1-3H3,(H,28,29,30)/t24-,26-/m1/s1. The largest absolute Gasteiger partial charge is 0.493 e. The van der Waals surface area contributed by atoms with E-state index in [2.05, 4.69) is 46.6 Å². The van der Waals surface area contributed by atoms with E-state index in [0.717, 1.165) is 39.3 Å². The van der Waals surface area contributed by atoms with Gasteiger partial charge in [0.15, 0.2) is 17.6 Å². The van der Waals surface area contributed by atoms with E-state index in [0.29, 0.717) is 17.4 Å². The predicted octanol–water partition coefficient (Wildman–Crippen LogP) is 5.16. The molecule has 0 radical (unpaired) electrons. The zero-order chi connectivity index (χ0) is 23.2. The lowest BCUT2D eigenvalue weighted by atomic mass is 9.84. The van der Waals surface area contributed by atoms with Crippen molar-refractivity contribution in [2.24, 2.45) is 0 Å². The van der Waals surface area contributed by atoms with Gasteiger partial charge < -0.3 is 19.5 Å². The second-order valence-electron chi connectivity index (χ2n) is 8.38. The highest BCUT2D eigenvalue weighted by Crippen LogP contribution is 2.52. The Morgan fingerprint density at radius 1 is 0.971 bits per heavy atom. The Hall–Kier alpha value is -4.26. The number of anilines is 1.